The molecular weight excluding hydrogens is 174 g/mol. The van der Waals surface area contributed by atoms with E-state index in [0.717, 1.165) is 13.1 Å². The number of rotatable bonds is 3. The van der Waals surface area contributed by atoms with Gasteiger partial charge in [-0.1, -0.05) is 36.4 Å². The Labute approximate surface area is 84.5 Å². The number of likely N-dealkylation sites (tertiary alicyclic amines) is 1. The van der Waals surface area contributed by atoms with Crippen LogP contribution in [0.2, 0.25) is 0 Å². The van der Waals surface area contributed by atoms with Crippen molar-refractivity contribution in [1.82, 2.24) is 4.90 Å². The highest BCUT2D eigenvalue weighted by molar-refractivity contribution is 5.23. The second-order valence-corrected chi connectivity index (χ2v) is 3.67. The van der Waals surface area contributed by atoms with E-state index in [4.69, 9.17) is 0 Å². The molecule has 0 saturated carbocycles. The van der Waals surface area contributed by atoms with E-state index in [1.54, 1.807) is 0 Å². The zero-order chi connectivity index (χ0) is 9.97. The van der Waals surface area contributed by atoms with Crippen LogP contribution in [-0.4, -0.2) is 29.2 Å². The number of aliphatic hydroxyl groups excluding tert-OH is 1. The average molecular weight is 189 g/mol. The molecule has 1 aromatic rings. The minimum atomic E-state index is -0.225. The molecule has 0 aliphatic carbocycles. The Hall–Kier alpha value is -1.12. The van der Waals surface area contributed by atoms with Gasteiger partial charge in [-0.2, -0.15) is 0 Å². The smallest absolute Gasteiger partial charge is 0.0864 e. The first-order chi connectivity index (χ1) is 6.83. The van der Waals surface area contributed by atoms with Gasteiger partial charge in [0.1, 0.15) is 0 Å². The Kier molecular flexibility index (Phi) is 2.66. The molecule has 1 fully saturated rings. The van der Waals surface area contributed by atoms with Crippen molar-refractivity contribution in [3.05, 3.63) is 48.6 Å². The highest BCUT2D eigenvalue weighted by atomic mass is 16.3. The minimum absolute atomic E-state index is 0.161. The van der Waals surface area contributed by atoms with E-state index in [2.05, 4.69) is 23.6 Å². The van der Waals surface area contributed by atoms with Gasteiger partial charge in [0.25, 0.3) is 0 Å². The summed E-state index contributed by atoms with van der Waals surface area (Å²) in [6.07, 6.45) is 1.65. The van der Waals surface area contributed by atoms with Crippen LogP contribution < -0.4 is 0 Å². The van der Waals surface area contributed by atoms with Gasteiger partial charge in [-0.05, 0) is 5.56 Å². The van der Waals surface area contributed by atoms with Crippen LogP contribution in [0.5, 0.6) is 0 Å². The normalized spacial score (nSPS) is 26.9. The van der Waals surface area contributed by atoms with E-state index >= 15 is 0 Å². The van der Waals surface area contributed by atoms with Crippen LogP contribution in [0, 0.1) is 0 Å². The van der Waals surface area contributed by atoms with Gasteiger partial charge in [0, 0.05) is 13.1 Å². The summed E-state index contributed by atoms with van der Waals surface area (Å²) in [7, 11) is 0. The SMILES string of the molecule is C=CCN1C[C@H](O)[C@H]1c1ccccc1. The molecule has 1 aromatic carbocycles. The molecular formula is C12H15NO. The van der Waals surface area contributed by atoms with Crippen LogP contribution >= 0.6 is 0 Å². The number of aliphatic hydroxyl groups is 1. The zero-order valence-corrected chi connectivity index (χ0v) is 8.13. The Morgan fingerprint density at radius 2 is 2.14 bits per heavy atom. The molecule has 1 aliphatic heterocycles. The molecule has 0 aromatic heterocycles. The van der Waals surface area contributed by atoms with Gasteiger partial charge >= 0.3 is 0 Å². The van der Waals surface area contributed by atoms with E-state index in [9.17, 15) is 5.11 Å². The lowest BCUT2D eigenvalue weighted by Gasteiger charge is -2.45. The van der Waals surface area contributed by atoms with Crippen molar-refractivity contribution < 1.29 is 5.11 Å². The highest BCUT2D eigenvalue weighted by Gasteiger charge is 2.37. The standard InChI is InChI=1S/C12H15NO/c1-2-8-13-9-11(14)12(13)10-6-4-3-5-7-10/h2-7,11-12,14H,1,8-9H2/t11-,12+/m0/s1. The molecule has 1 saturated heterocycles. The Bertz CT molecular complexity index is 309. The molecule has 0 amide bonds. The molecule has 0 spiro atoms. The lowest BCUT2D eigenvalue weighted by Crippen LogP contribution is -2.53. The summed E-state index contributed by atoms with van der Waals surface area (Å²) < 4.78 is 0. The maximum Gasteiger partial charge on any atom is 0.0864 e. The summed E-state index contributed by atoms with van der Waals surface area (Å²) in [4.78, 5) is 2.22. The Morgan fingerprint density at radius 3 is 2.71 bits per heavy atom. The summed E-state index contributed by atoms with van der Waals surface area (Å²) in [5, 5.41) is 9.68. The van der Waals surface area contributed by atoms with Crippen LogP contribution in [0.3, 0.4) is 0 Å². The monoisotopic (exact) mass is 189 g/mol. The molecule has 2 rings (SSSR count). The zero-order valence-electron chi connectivity index (χ0n) is 8.13. The molecule has 0 bridgehead atoms. The van der Waals surface area contributed by atoms with E-state index in [-0.39, 0.29) is 12.1 Å². The van der Waals surface area contributed by atoms with Gasteiger partial charge in [-0.25, -0.2) is 0 Å². The molecule has 1 aliphatic rings. The predicted molar refractivity (Wildman–Crippen MR) is 57.0 cm³/mol. The largest absolute Gasteiger partial charge is 0.390 e. The van der Waals surface area contributed by atoms with Crippen LogP contribution in [0.15, 0.2) is 43.0 Å². The van der Waals surface area contributed by atoms with Gasteiger partial charge in [-0.3, -0.25) is 4.90 Å². The molecule has 2 nitrogen and oxygen atoms in total. The molecule has 74 valence electrons. The molecule has 0 radical (unpaired) electrons. The first-order valence-corrected chi connectivity index (χ1v) is 4.91. The number of nitrogens with zero attached hydrogens (tertiary/aromatic N) is 1. The van der Waals surface area contributed by atoms with Crippen LogP contribution in [0.4, 0.5) is 0 Å². The van der Waals surface area contributed by atoms with Crippen LogP contribution in [0.1, 0.15) is 11.6 Å². The third-order valence-electron chi connectivity index (χ3n) is 2.68. The van der Waals surface area contributed by atoms with Crippen molar-refractivity contribution in [1.29, 1.82) is 0 Å². The molecule has 1 heterocycles. The fourth-order valence-electron chi connectivity index (χ4n) is 2.00. The maximum atomic E-state index is 9.68. The number of β-amino-alcohol motifs (C(OH)–C–C–N with tert-alkyl or cyclic N) is 1. The second-order valence-electron chi connectivity index (χ2n) is 3.67. The summed E-state index contributed by atoms with van der Waals surface area (Å²) in [5.41, 5.74) is 1.19. The van der Waals surface area contributed by atoms with Crippen molar-refractivity contribution in [3.63, 3.8) is 0 Å². The summed E-state index contributed by atoms with van der Waals surface area (Å²) in [6.45, 7) is 5.31. The highest BCUT2D eigenvalue weighted by Crippen LogP contribution is 2.32. The van der Waals surface area contributed by atoms with E-state index in [1.165, 1.54) is 5.56 Å². The van der Waals surface area contributed by atoms with Crippen molar-refractivity contribution in [2.45, 2.75) is 12.1 Å². The van der Waals surface area contributed by atoms with Crippen molar-refractivity contribution >= 4 is 0 Å². The minimum Gasteiger partial charge on any atom is -0.390 e. The third-order valence-corrected chi connectivity index (χ3v) is 2.68. The van der Waals surface area contributed by atoms with Crippen LogP contribution in [-0.2, 0) is 0 Å². The topological polar surface area (TPSA) is 23.5 Å². The van der Waals surface area contributed by atoms with Gasteiger partial charge in [0.15, 0.2) is 0 Å². The van der Waals surface area contributed by atoms with Crippen molar-refractivity contribution in [2.24, 2.45) is 0 Å². The van der Waals surface area contributed by atoms with E-state index in [0.29, 0.717) is 0 Å². The molecule has 14 heavy (non-hydrogen) atoms. The molecule has 2 heteroatoms. The van der Waals surface area contributed by atoms with E-state index in [1.807, 2.05) is 24.3 Å². The van der Waals surface area contributed by atoms with E-state index < -0.39 is 0 Å². The summed E-state index contributed by atoms with van der Waals surface area (Å²) in [5.74, 6) is 0. The quantitative estimate of drug-likeness (QED) is 0.730. The first-order valence-electron chi connectivity index (χ1n) is 4.91. The van der Waals surface area contributed by atoms with Gasteiger partial charge in [-0.15, -0.1) is 6.58 Å². The number of hydrogen-bond donors (Lipinski definition) is 1. The Balaban J connectivity index is 2.13. The second kappa shape index (κ2) is 3.95. The van der Waals surface area contributed by atoms with Gasteiger partial charge in [0.05, 0.1) is 12.1 Å². The molecule has 2 atom stereocenters. The van der Waals surface area contributed by atoms with Crippen molar-refractivity contribution in [2.75, 3.05) is 13.1 Å². The molecule has 1 N–H and O–H groups in total. The predicted octanol–water partition coefficient (Wildman–Crippen LogP) is 1.59. The van der Waals surface area contributed by atoms with Gasteiger partial charge in [0.2, 0.25) is 0 Å². The fourth-order valence-corrected chi connectivity index (χ4v) is 2.00. The average Bonchev–Trinajstić information content (AvgIpc) is 2.19. The Morgan fingerprint density at radius 1 is 1.43 bits per heavy atom. The summed E-state index contributed by atoms with van der Waals surface area (Å²) in [6, 6.07) is 10.3. The maximum absolute atomic E-state index is 9.68. The lowest BCUT2D eigenvalue weighted by molar-refractivity contribution is -0.0563. The lowest BCUT2D eigenvalue weighted by atomic mass is 9.92. The summed E-state index contributed by atoms with van der Waals surface area (Å²) >= 11 is 0. The van der Waals surface area contributed by atoms with Crippen LogP contribution in [0.25, 0.3) is 0 Å². The van der Waals surface area contributed by atoms with Crippen molar-refractivity contribution in [3.8, 4) is 0 Å². The third kappa shape index (κ3) is 1.59. The fraction of sp³-hybridized carbons (Fsp3) is 0.333. The number of hydrogen-bond acceptors (Lipinski definition) is 2. The number of benzene rings is 1. The molecule has 0 unspecified atom stereocenters. The van der Waals surface area contributed by atoms with Gasteiger partial charge < -0.3 is 5.11 Å². The first kappa shape index (κ1) is 9.44.